The minimum Gasteiger partial charge on any atom is -0.439 e. The van der Waals surface area contributed by atoms with E-state index < -0.39 is 4.92 Å². The fraction of sp³-hybridized carbons (Fsp3) is 0.0769. The molecule has 0 spiro atoms. The van der Waals surface area contributed by atoms with E-state index in [-0.39, 0.29) is 17.4 Å². The highest BCUT2D eigenvalue weighted by Crippen LogP contribution is 2.27. The van der Waals surface area contributed by atoms with Crippen molar-refractivity contribution < 1.29 is 9.66 Å². The van der Waals surface area contributed by atoms with Crippen LogP contribution in [0.3, 0.4) is 0 Å². The number of nitrogens with two attached hydrogens (primary N) is 1. The Hall–Kier alpha value is -2.96. The standard InChI is InChI=1S/C13H12N4O3/c1-8-2-4-10(17(18)19)6-11(8)20-12-5-3-9(7-16-12)13(14)15/h2-7H,1H3,(H3,14,15). The molecular formula is C13H12N4O3. The minimum atomic E-state index is -0.488. The molecule has 7 nitrogen and oxygen atoms in total. The number of nitrogens with zero attached hydrogens (tertiary/aromatic N) is 2. The highest BCUT2D eigenvalue weighted by Gasteiger charge is 2.11. The van der Waals surface area contributed by atoms with Gasteiger partial charge in [-0.1, -0.05) is 0 Å². The summed E-state index contributed by atoms with van der Waals surface area (Å²) in [5.41, 5.74) is 6.51. The van der Waals surface area contributed by atoms with E-state index in [1.807, 2.05) is 0 Å². The normalized spacial score (nSPS) is 10.1. The maximum atomic E-state index is 10.7. The summed E-state index contributed by atoms with van der Waals surface area (Å²) < 4.78 is 5.51. The van der Waals surface area contributed by atoms with Crippen LogP contribution in [0.2, 0.25) is 0 Å². The summed E-state index contributed by atoms with van der Waals surface area (Å²) in [4.78, 5) is 14.2. The summed E-state index contributed by atoms with van der Waals surface area (Å²) in [5, 5.41) is 18.0. The van der Waals surface area contributed by atoms with Gasteiger partial charge >= 0.3 is 0 Å². The van der Waals surface area contributed by atoms with Crippen LogP contribution in [-0.4, -0.2) is 15.7 Å². The van der Waals surface area contributed by atoms with Crippen LogP contribution in [0.15, 0.2) is 36.5 Å². The van der Waals surface area contributed by atoms with E-state index in [4.69, 9.17) is 15.9 Å². The number of aromatic nitrogens is 1. The van der Waals surface area contributed by atoms with Crippen molar-refractivity contribution in [2.24, 2.45) is 5.73 Å². The third-order valence-corrected chi connectivity index (χ3v) is 2.64. The first kappa shape index (κ1) is 13.5. The number of nitrogens with one attached hydrogen (secondary N) is 1. The van der Waals surface area contributed by atoms with Gasteiger partial charge in [0.1, 0.15) is 11.6 Å². The summed E-state index contributed by atoms with van der Waals surface area (Å²) >= 11 is 0. The summed E-state index contributed by atoms with van der Waals surface area (Å²) in [6.07, 6.45) is 1.41. The zero-order chi connectivity index (χ0) is 14.7. The van der Waals surface area contributed by atoms with Gasteiger partial charge in [0.2, 0.25) is 5.88 Å². The van der Waals surface area contributed by atoms with E-state index in [9.17, 15) is 10.1 Å². The Morgan fingerprint density at radius 3 is 2.70 bits per heavy atom. The van der Waals surface area contributed by atoms with Crippen LogP contribution in [-0.2, 0) is 0 Å². The van der Waals surface area contributed by atoms with Crippen molar-refractivity contribution in [3.05, 3.63) is 57.8 Å². The maximum absolute atomic E-state index is 10.7. The number of non-ortho nitro benzene ring substituents is 1. The number of nitro groups is 1. The molecule has 0 saturated carbocycles. The quantitative estimate of drug-likeness (QED) is 0.383. The lowest BCUT2D eigenvalue weighted by molar-refractivity contribution is -0.384. The summed E-state index contributed by atoms with van der Waals surface area (Å²) in [6.45, 7) is 1.78. The average molecular weight is 272 g/mol. The third-order valence-electron chi connectivity index (χ3n) is 2.64. The highest BCUT2D eigenvalue weighted by molar-refractivity contribution is 5.94. The Labute approximate surface area is 114 Å². The second-order valence-corrected chi connectivity index (χ2v) is 4.11. The van der Waals surface area contributed by atoms with Crippen molar-refractivity contribution in [2.75, 3.05) is 0 Å². The Bertz CT molecular complexity index is 668. The predicted molar refractivity (Wildman–Crippen MR) is 73.2 cm³/mol. The molecule has 0 fully saturated rings. The number of hydrogen-bond acceptors (Lipinski definition) is 5. The first-order valence-corrected chi connectivity index (χ1v) is 5.70. The molecule has 7 heteroatoms. The summed E-state index contributed by atoms with van der Waals surface area (Å²) in [5.74, 6) is 0.552. The molecule has 0 unspecified atom stereocenters. The van der Waals surface area contributed by atoms with Gasteiger partial charge in [-0.25, -0.2) is 4.98 Å². The van der Waals surface area contributed by atoms with Gasteiger partial charge in [0.25, 0.3) is 5.69 Å². The van der Waals surface area contributed by atoms with Crippen LogP contribution in [0.25, 0.3) is 0 Å². The first-order chi connectivity index (χ1) is 9.47. The Kier molecular flexibility index (Phi) is 3.60. The molecule has 0 radical (unpaired) electrons. The van der Waals surface area contributed by atoms with Gasteiger partial charge in [-0.2, -0.15) is 0 Å². The van der Waals surface area contributed by atoms with Gasteiger partial charge in [-0.15, -0.1) is 0 Å². The molecule has 102 valence electrons. The lowest BCUT2D eigenvalue weighted by Gasteiger charge is -2.08. The molecule has 0 aliphatic rings. The van der Waals surface area contributed by atoms with Gasteiger partial charge in [0.15, 0.2) is 0 Å². The SMILES string of the molecule is Cc1ccc([N+](=O)[O-])cc1Oc1ccc(C(=N)N)cn1. The number of ether oxygens (including phenoxy) is 1. The largest absolute Gasteiger partial charge is 0.439 e. The van der Waals surface area contributed by atoms with E-state index >= 15 is 0 Å². The molecule has 0 bridgehead atoms. The van der Waals surface area contributed by atoms with Crippen molar-refractivity contribution in [1.82, 2.24) is 4.98 Å². The number of benzene rings is 1. The van der Waals surface area contributed by atoms with Crippen LogP contribution >= 0.6 is 0 Å². The van der Waals surface area contributed by atoms with E-state index in [1.165, 1.54) is 18.3 Å². The summed E-state index contributed by atoms with van der Waals surface area (Å²) in [6, 6.07) is 7.51. The fourth-order valence-corrected chi connectivity index (χ4v) is 1.52. The lowest BCUT2D eigenvalue weighted by atomic mass is 10.2. The van der Waals surface area contributed by atoms with Crippen LogP contribution in [0, 0.1) is 22.4 Å². The topological polar surface area (TPSA) is 115 Å². The molecule has 2 rings (SSSR count). The number of rotatable bonds is 4. The van der Waals surface area contributed by atoms with Gasteiger partial charge in [-0.05, 0) is 24.6 Å². The first-order valence-electron chi connectivity index (χ1n) is 5.70. The highest BCUT2D eigenvalue weighted by atomic mass is 16.6. The fourth-order valence-electron chi connectivity index (χ4n) is 1.52. The van der Waals surface area contributed by atoms with Crippen molar-refractivity contribution in [2.45, 2.75) is 6.92 Å². The molecule has 20 heavy (non-hydrogen) atoms. The molecular weight excluding hydrogens is 260 g/mol. The van der Waals surface area contributed by atoms with Gasteiger partial charge in [0, 0.05) is 23.9 Å². The number of hydrogen-bond donors (Lipinski definition) is 2. The number of amidine groups is 1. The van der Waals surface area contributed by atoms with E-state index in [2.05, 4.69) is 4.98 Å². The maximum Gasteiger partial charge on any atom is 0.273 e. The van der Waals surface area contributed by atoms with E-state index in [0.29, 0.717) is 11.3 Å². The Morgan fingerprint density at radius 1 is 1.40 bits per heavy atom. The van der Waals surface area contributed by atoms with Crippen molar-refractivity contribution in [3.63, 3.8) is 0 Å². The number of nitro benzene ring substituents is 1. The van der Waals surface area contributed by atoms with Crippen LogP contribution < -0.4 is 10.5 Å². The summed E-state index contributed by atoms with van der Waals surface area (Å²) in [7, 11) is 0. The second-order valence-electron chi connectivity index (χ2n) is 4.11. The van der Waals surface area contributed by atoms with E-state index in [1.54, 1.807) is 25.1 Å². The van der Waals surface area contributed by atoms with Crippen LogP contribution in [0.5, 0.6) is 11.6 Å². The molecule has 0 aliphatic carbocycles. The molecule has 1 heterocycles. The van der Waals surface area contributed by atoms with Crippen molar-refractivity contribution in [3.8, 4) is 11.6 Å². The number of nitrogen functional groups attached to an aromatic ring is 1. The van der Waals surface area contributed by atoms with Crippen molar-refractivity contribution in [1.29, 1.82) is 5.41 Å². The van der Waals surface area contributed by atoms with Crippen molar-refractivity contribution >= 4 is 11.5 Å². The van der Waals surface area contributed by atoms with Crippen LogP contribution in [0.4, 0.5) is 5.69 Å². The number of aryl methyl sites for hydroxylation is 1. The zero-order valence-electron chi connectivity index (χ0n) is 10.7. The predicted octanol–water partition coefficient (Wildman–Crippen LogP) is 2.37. The monoisotopic (exact) mass is 272 g/mol. The Morgan fingerprint density at radius 2 is 2.15 bits per heavy atom. The second kappa shape index (κ2) is 5.35. The molecule has 2 aromatic rings. The lowest BCUT2D eigenvalue weighted by Crippen LogP contribution is -2.11. The Balaban J connectivity index is 2.27. The van der Waals surface area contributed by atoms with Gasteiger partial charge in [-0.3, -0.25) is 15.5 Å². The molecule has 1 aromatic carbocycles. The molecule has 0 atom stereocenters. The molecule has 0 amide bonds. The molecule has 0 aliphatic heterocycles. The van der Waals surface area contributed by atoms with Gasteiger partial charge in [0.05, 0.1) is 11.0 Å². The third kappa shape index (κ3) is 2.89. The van der Waals surface area contributed by atoms with Gasteiger partial charge < -0.3 is 10.5 Å². The smallest absolute Gasteiger partial charge is 0.273 e. The van der Waals surface area contributed by atoms with E-state index in [0.717, 1.165) is 5.56 Å². The number of pyridine rings is 1. The average Bonchev–Trinajstić information content (AvgIpc) is 2.41. The van der Waals surface area contributed by atoms with Crippen LogP contribution in [0.1, 0.15) is 11.1 Å². The zero-order valence-corrected chi connectivity index (χ0v) is 10.7. The molecule has 3 N–H and O–H groups in total. The molecule has 0 saturated heterocycles. The minimum absolute atomic E-state index is 0.0500. The molecule has 1 aromatic heterocycles.